The molecule has 0 atom stereocenters. The van der Waals surface area contributed by atoms with E-state index in [-0.39, 0.29) is 0 Å². The SMILES string of the molecule is CC(C)c1ccc(OCCc2cccs2)cc1. The standard InChI is InChI=1S/C15H18OS/c1-12(2)13-5-7-14(8-6-13)16-10-9-15-4-3-11-17-15/h3-8,11-12H,9-10H2,1-2H3. The number of hydrogen-bond acceptors (Lipinski definition) is 2. The van der Waals surface area contributed by atoms with Gasteiger partial charge in [-0.1, -0.05) is 32.0 Å². The number of hydrogen-bond donors (Lipinski definition) is 0. The van der Waals surface area contributed by atoms with Gasteiger partial charge in [0, 0.05) is 11.3 Å². The van der Waals surface area contributed by atoms with Crippen molar-refractivity contribution < 1.29 is 4.74 Å². The summed E-state index contributed by atoms with van der Waals surface area (Å²) in [6.07, 6.45) is 0.990. The highest BCUT2D eigenvalue weighted by atomic mass is 32.1. The molecule has 90 valence electrons. The maximum atomic E-state index is 5.72. The van der Waals surface area contributed by atoms with Gasteiger partial charge in [-0.3, -0.25) is 0 Å². The fraction of sp³-hybridized carbons (Fsp3) is 0.333. The van der Waals surface area contributed by atoms with Crippen molar-refractivity contribution in [3.05, 3.63) is 52.2 Å². The second-order valence-corrected chi connectivity index (χ2v) is 5.43. The van der Waals surface area contributed by atoms with E-state index < -0.39 is 0 Å². The summed E-state index contributed by atoms with van der Waals surface area (Å²) in [5.41, 5.74) is 1.36. The molecule has 2 aromatic rings. The monoisotopic (exact) mass is 246 g/mol. The van der Waals surface area contributed by atoms with E-state index in [0.717, 1.165) is 18.8 Å². The predicted octanol–water partition coefficient (Wildman–Crippen LogP) is 4.49. The molecule has 0 bridgehead atoms. The van der Waals surface area contributed by atoms with E-state index in [1.807, 2.05) is 0 Å². The van der Waals surface area contributed by atoms with Crippen LogP contribution in [0, 0.1) is 0 Å². The zero-order valence-electron chi connectivity index (χ0n) is 10.3. The zero-order chi connectivity index (χ0) is 12.1. The number of thiophene rings is 1. The third kappa shape index (κ3) is 3.60. The lowest BCUT2D eigenvalue weighted by Gasteiger charge is -2.08. The molecule has 0 amide bonds. The second kappa shape index (κ2) is 5.87. The molecule has 0 saturated heterocycles. The Labute approximate surface area is 107 Å². The highest BCUT2D eigenvalue weighted by Gasteiger charge is 2.00. The van der Waals surface area contributed by atoms with Crippen LogP contribution < -0.4 is 4.74 Å². The van der Waals surface area contributed by atoms with Gasteiger partial charge in [-0.15, -0.1) is 11.3 Å². The topological polar surface area (TPSA) is 9.23 Å². The van der Waals surface area contributed by atoms with Crippen LogP contribution in [-0.4, -0.2) is 6.61 Å². The first-order chi connectivity index (χ1) is 8.25. The molecule has 0 unspecified atom stereocenters. The van der Waals surface area contributed by atoms with Gasteiger partial charge in [-0.05, 0) is 35.1 Å². The van der Waals surface area contributed by atoms with Crippen LogP contribution in [0.15, 0.2) is 41.8 Å². The summed E-state index contributed by atoms with van der Waals surface area (Å²) in [5.74, 6) is 1.54. The minimum atomic E-state index is 0.579. The molecular formula is C15H18OS. The van der Waals surface area contributed by atoms with Gasteiger partial charge in [-0.25, -0.2) is 0 Å². The lowest BCUT2D eigenvalue weighted by Crippen LogP contribution is -2.00. The van der Waals surface area contributed by atoms with Crippen molar-refractivity contribution in [3.63, 3.8) is 0 Å². The van der Waals surface area contributed by atoms with Crippen molar-refractivity contribution in [1.82, 2.24) is 0 Å². The van der Waals surface area contributed by atoms with Gasteiger partial charge in [0.25, 0.3) is 0 Å². The molecule has 0 aliphatic heterocycles. The van der Waals surface area contributed by atoms with Gasteiger partial charge in [0.2, 0.25) is 0 Å². The Morgan fingerprint density at radius 1 is 1.12 bits per heavy atom. The number of benzene rings is 1. The Balaban J connectivity index is 1.83. The molecule has 0 radical (unpaired) electrons. The maximum absolute atomic E-state index is 5.72. The molecule has 0 spiro atoms. The van der Waals surface area contributed by atoms with E-state index in [9.17, 15) is 0 Å². The molecule has 0 saturated carbocycles. The van der Waals surface area contributed by atoms with Crippen molar-refractivity contribution >= 4 is 11.3 Å². The number of rotatable bonds is 5. The van der Waals surface area contributed by atoms with Crippen LogP contribution in [0.2, 0.25) is 0 Å². The number of ether oxygens (including phenoxy) is 1. The fourth-order valence-corrected chi connectivity index (χ4v) is 2.36. The smallest absolute Gasteiger partial charge is 0.119 e. The Bertz CT molecular complexity index is 428. The largest absolute Gasteiger partial charge is 0.493 e. The molecule has 2 heteroatoms. The first-order valence-electron chi connectivity index (χ1n) is 6.01. The third-order valence-corrected chi connectivity index (χ3v) is 3.68. The van der Waals surface area contributed by atoms with Gasteiger partial charge in [-0.2, -0.15) is 0 Å². The van der Waals surface area contributed by atoms with Crippen LogP contribution in [-0.2, 0) is 6.42 Å². The lowest BCUT2D eigenvalue weighted by atomic mass is 10.0. The zero-order valence-corrected chi connectivity index (χ0v) is 11.2. The van der Waals surface area contributed by atoms with Gasteiger partial charge in [0.1, 0.15) is 5.75 Å². The fourth-order valence-electron chi connectivity index (χ4n) is 1.67. The van der Waals surface area contributed by atoms with Crippen molar-refractivity contribution in [3.8, 4) is 5.75 Å². The summed E-state index contributed by atoms with van der Waals surface area (Å²) in [4.78, 5) is 1.38. The summed E-state index contributed by atoms with van der Waals surface area (Å²) in [5, 5.41) is 2.10. The minimum Gasteiger partial charge on any atom is -0.493 e. The van der Waals surface area contributed by atoms with Crippen LogP contribution in [0.3, 0.4) is 0 Å². The summed E-state index contributed by atoms with van der Waals surface area (Å²) in [6, 6.07) is 12.6. The normalized spacial score (nSPS) is 10.8. The Morgan fingerprint density at radius 3 is 2.47 bits per heavy atom. The van der Waals surface area contributed by atoms with E-state index in [2.05, 4.69) is 55.6 Å². The molecule has 0 N–H and O–H groups in total. The molecule has 17 heavy (non-hydrogen) atoms. The van der Waals surface area contributed by atoms with E-state index in [1.54, 1.807) is 11.3 Å². The average Bonchev–Trinajstić information content (AvgIpc) is 2.83. The highest BCUT2D eigenvalue weighted by Crippen LogP contribution is 2.19. The molecule has 1 aromatic heterocycles. The molecule has 0 aliphatic rings. The second-order valence-electron chi connectivity index (χ2n) is 4.40. The molecule has 1 nitrogen and oxygen atoms in total. The van der Waals surface area contributed by atoms with Gasteiger partial charge >= 0.3 is 0 Å². The molecular weight excluding hydrogens is 228 g/mol. The summed E-state index contributed by atoms with van der Waals surface area (Å²) in [7, 11) is 0. The molecule has 1 heterocycles. The quantitative estimate of drug-likeness (QED) is 0.755. The first kappa shape index (κ1) is 12.2. The van der Waals surface area contributed by atoms with Gasteiger partial charge in [0.15, 0.2) is 0 Å². The third-order valence-electron chi connectivity index (χ3n) is 2.74. The van der Waals surface area contributed by atoms with Crippen LogP contribution in [0.1, 0.15) is 30.2 Å². The lowest BCUT2D eigenvalue weighted by molar-refractivity contribution is 0.323. The van der Waals surface area contributed by atoms with E-state index >= 15 is 0 Å². The molecule has 0 aliphatic carbocycles. The highest BCUT2D eigenvalue weighted by molar-refractivity contribution is 7.09. The van der Waals surface area contributed by atoms with Crippen LogP contribution in [0.25, 0.3) is 0 Å². The van der Waals surface area contributed by atoms with Crippen LogP contribution >= 0.6 is 11.3 Å². The summed E-state index contributed by atoms with van der Waals surface area (Å²) < 4.78 is 5.72. The van der Waals surface area contributed by atoms with Crippen molar-refractivity contribution in [1.29, 1.82) is 0 Å². The van der Waals surface area contributed by atoms with E-state index in [0.29, 0.717) is 5.92 Å². The first-order valence-corrected chi connectivity index (χ1v) is 6.89. The van der Waals surface area contributed by atoms with Gasteiger partial charge in [0.05, 0.1) is 6.61 Å². The van der Waals surface area contributed by atoms with Crippen LogP contribution in [0.5, 0.6) is 5.75 Å². The molecule has 0 fully saturated rings. The van der Waals surface area contributed by atoms with Crippen molar-refractivity contribution in [2.75, 3.05) is 6.61 Å². The maximum Gasteiger partial charge on any atom is 0.119 e. The predicted molar refractivity (Wildman–Crippen MR) is 74.0 cm³/mol. The van der Waals surface area contributed by atoms with E-state index in [1.165, 1.54) is 10.4 Å². The minimum absolute atomic E-state index is 0.579. The van der Waals surface area contributed by atoms with E-state index in [4.69, 9.17) is 4.74 Å². The van der Waals surface area contributed by atoms with Gasteiger partial charge < -0.3 is 4.74 Å². The Kier molecular flexibility index (Phi) is 4.21. The molecule has 2 rings (SSSR count). The average molecular weight is 246 g/mol. The summed E-state index contributed by atoms with van der Waals surface area (Å²) in [6.45, 7) is 5.15. The molecule has 1 aromatic carbocycles. The summed E-state index contributed by atoms with van der Waals surface area (Å²) >= 11 is 1.78. The Hall–Kier alpha value is -1.28. The Morgan fingerprint density at radius 2 is 1.88 bits per heavy atom. The van der Waals surface area contributed by atoms with Crippen molar-refractivity contribution in [2.45, 2.75) is 26.2 Å². The van der Waals surface area contributed by atoms with Crippen molar-refractivity contribution in [2.24, 2.45) is 0 Å². The van der Waals surface area contributed by atoms with Crippen LogP contribution in [0.4, 0.5) is 0 Å².